The molecule has 0 aliphatic heterocycles. The average Bonchev–Trinajstić information content (AvgIpc) is 2.75. The Bertz CT molecular complexity index is 1110. The minimum atomic E-state index is -3.53. The van der Waals surface area contributed by atoms with E-state index >= 15 is 0 Å². The molecule has 0 aromatic heterocycles. The lowest BCUT2D eigenvalue weighted by Crippen LogP contribution is -2.46. The molecule has 2 rings (SSSR count). The van der Waals surface area contributed by atoms with Crippen LogP contribution in [0, 0.1) is 6.92 Å². The molecule has 0 heterocycles. The van der Waals surface area contributed by atoms with Crippen molar-refractivity contribution < 1.29 is 18.0 Å². The van der Waals surface area contributed by atoms with E-state index in [4.69, 9.17) is 23.2 Å². The second-order valence-electron chi connectivity index (χ2n) is 7.84. The Kier molecular flexibility index (Phi) is 9.57. The summed E-state index contributed by atoms with van der Waals surface area (Å²) < 4.78 is 26.0. The van der Waals surface area contributed by atoms with Crippen LogP contribution in [0.3, 0.4) is 0 Å². The number of amides is 2. The van der Waals surface area contributed by atoms with E-state index < -0.39 is 16.1 Å². The molecule has 0 aliphatic carbocycles. The summed E-state index contributed by atoms with van der Waals surface area (Å²) in [6.07, 6.45) is 1.50. The molecule has 0 radical (unpaired) electrons. The Morgan fingerprint density at radius 2 is 1.79 bits per heavy atom. The number of nitrogens with one attached hydrogen (secondary N) is 1. The van der Waals surface area contributed by atoms with Gasteiger partial charge in [0.2, 0.25) is 21.8 Å². The van der Waals surface area contributed by atoms with E-state index in [1.54, 1.807) is 43.3 Å². The zero-order chi connectivity index (χ0) is 24.8. The third kappa shape index (κ3) is 7.62. The van der Waals surface area contributed by atoms with Crippen molar-refractivity contribution >= 4 is 50.7 Å². The van der Waals surface area contributed by atoms with Crippen molar-refractivity contribution in [3.05, 3.63) is 63.6 Å². The maximum atomic E-state index is 13.1. The maximum Gasteiger partial charge on any atom is 0.242 e. The number of sulfonamides is 1. The van der Waals surface area contributed by atoms with Crippen molar-refractivity contribution in [2.75, 3.05) is 24.2 Å². The molecule has 33 heavy (non-hydrogen) atoms. The molecule has 2 aromatic carbocycles. The molecule has 0 spiro atoms. The van der Waals surface area contributed by atoms with Gasteiger partial charge in [-0.15, -0.1) is 0 Å². The molecule has 1 N–H and O–H groups in total. The van der Waals surface area contributed by atoms with Gasteiger partial charge in [-0.3, -0.25) is 13.9 Å². The molecule has 0 bridgehead atoms. The first-order chi connectivity index (χ1) is 15.4. The van der Waals surface area contributed by atoms with Gasteiger partial charge in [0, 0.05) is 26.6 Å². The van der Waals surface area contributed by atoms with Crippen LogP contribution >= 0.6 is 23.2 Å². The zero-order valence-corrected chi connectivity index (χ0v) is 21.5. The van der Waals surface area contributed by atoms with Crippen molar-refractivity contribution in [1.82, 2.24) is 10.2 Å². The molecule has 0 unspecified atom stereocenters. The van der Waals surface area contributed by atoms with Crippen LogP contribution < -0.4 is 9.62 Å². The number of benzene rings is 2. The largest absolute Gasteiger partial charge is 0.357 e. The van der Waals surface area contributed by atoms with Crippen LogP contribution in [0.15, 0.2) is 42.5 Å². The molecule has 0 aliphatic rings. The lowest BCUT2D eigenvalue weighted by Gasteiger charge is -2.29. The Hall–Kier alpha value is -2.29. The fraction of sp³-hybridized carbons (Fsp3) is 0.391. The monoisotopic (exact) mass is 513 g/mol. The first-order valence-electron chi connectivity index (χ1n) is 10.4. The van der Waals surface area contributed by atoms with E-state index in [2.05, 4.69) is 5.32 Å². The highest BCUT2D eigenvalue weighted by Gasteiger charge is 2.26. The summed E-state index contributed by atoms with van der Waals surface area (Å²) in [7, 11) is -2.02. The van der Waals surface area contributed by atoms with Gasteiger partial charge in [0.1, 0.15) is 6.04 Å². The Labute approximate surface area is 205 Å². The topological polar surface area (TPSA) is 86.8 Å². The van der Waals surface area contributed by atoms with E-state index in [1.807, 2.05) is 13.0 Å². The first-order valence-corrected chi connectivity index (χ1v) is 13.0. The third-order valence-electron chi connectivity index (χ3n) is 5.19. The van der Waals surface area contributed by atoms with Gasteiger partial charge in [-0.1, -0.05) is 41.4 Å². The van der Waals surface area contributed by atoms with Crippen molar-refractivity contribution in [2.24, 2.45) is 0 Å². The third-order valence-corrected chi connectivity index (χ3v) is 7.13. The summed E-state index contributed by atoms with van der Waals surface area (Å²) >= 11 is 12.1. The van der Waals surface area contributed by atoms with Gasteiger partial charge >= 0.3 is 0 Å². The molecular formula is C23H29Cl2N3O4S. The molecule has 2 aromatic rings. The normalized spacial score (nSPS) is 12.2. The second kappa shape index (κ2) is 11.7. The molecule has 10 heteroatoms. The van der Waals surface area contributed by atoms with Crippen molar-refractivity contribution in [3.63, 3.8) is 0 Å². The van der Waals surface area contributed by atoms with E-state index in [9.17, 15) is 18.0 Å². The summed E-state index contributed by atoms with van der Waals surface area (Å²) in [6, 6.07) is 11.5. The van der Waals surface area contributed by atoms with Crippen LogP contribution in [0.1, 0.15) is 30.9 Å². The maximum absolute atomic E-state index is 13.1. The van der Waals surface area contributed by atoms with E-state index in [1.165, 1.54) is 16.3 Å². The van der Waals surface area contributed by atoms with Gasteiger partial charge in [-0.25, -0.2) is 8.42 Å². The van der Waals surface area contributed by atoms with Crippen molar-refractivity contribution in [1.29, 1.82) is 0 Å². The lowest BCUT2D eigenvalue weighted by molar-refractivity contribution is -0.140. The number of halogens is 2. The number of carbonyl (C=O) groups excluding carboxylic acids is 2. The standard InChI is InChI=1S/C23H29Cl2N3O4S/c1-16-7-5-8-19(13-16)28(33(4,31)32)12-6-9-22(29)27(17(2)23(30)26-3)15-18-10-11-20(24)21(25)14-18/h5,7-8,10-11,13-14,17H,6,9,12,15H2,1-4H3,(H,26,30)/t17-/m1/s1. The SMILES string of the molecule is CNC(=O)[C@@H](C)N(Cc1ccc(Cl)c(Cl)c1)C(=O)CCCN(c1cccc(C)c1)S(C)(=O)=O. The number of hydrogen-bond acceptors (Lipinski definition) is 4. The number of carbonyl (C=O) groups is 2. The lowest BCUT2D eigenvalue weighted by atomic mass is 10.1. The molecular weight excluding hydrogens is 485 g/mol. The van der Waals surface area contributed by atoms with Crippen LogP contribution in [-0.4, -0.2) is 51.0 Å². The smallest absolute Gasteiger partial charge is 0.242 e. The van der Waals surface area contributed by atoms with E-state index in [-0.39, 0.29) is 37.7 Å². The summed E-state index contributed by atoms with van der Waals surface area (Å²) in [4.78, 5) is 26.8. The number of anilines is 1. The van der Waals surface area contributed by atoms with Gasteiger partial charge < -0.3 is 10.2 Å². The highest BCUT2D eigenvalue weighted by atomic mass is 35.5. The second-order valence-corrected chi connectivity index (χ2v) is 10.6. The Morgan fingerprint density at radius 1 is 1.09 bits per heavy atom. The fourth-order valence-electron chi connectivity index (χ4n) is 3.41. The van der Waals surface area contributed by atoms with E-state index in [0.717, 1.165) is 17.4 Å². The number of hydrogen-bond donors (Lipinski definition) is 1. The number of likely N-dealkylation sites (N-methyl/N-ethyl adjacent to an activating group) is 1. The highest BCUT2D eigenvalue weighted by molar-refractivity contribution is 7.92. The van der Waals surface area contributed by atoms with Crippen LogP contribution in [0.4, 0.5) is 5.69 Å². The van der Waals surface area contributed by atoms with Crippen LogP contribution in [0.25, 0.3) is 0 Å². The predicted molar refractivity (Wildman–Crippen MR) is 133 cm³/mol. The summed E-state index contributed by atoms with van der Waals surface area (Å²) in [5.74, 6) is -0.573. The molecule has 0 saturated heterocycles. The van der Waals surface area contributed by atoms with Gasteiger partial charge in [0.25, 0.3) is 0 Å². The summed E-state index contributed by atoms with van der Waals surface area (Å²) in [5, 5.41) is 3.32. The Morgan fingerprint density at radius 3 is 2.36 bits per heavy atom. The molecule has 7 nitrogen and oxygen atoms in total. The fourth-order valence-corrected chi connectivity index (χ4v) is 4.69. The molecule has 1 atom stereocenters. The molecule has 0 saturated carbocycles. The number of rotatable bonds is 10. The molecule has 0 fully saturated rings. The first kappa shape index (κ1) is 27.0. The number of aryl methyl sites for hydroxylation is 1. The van der Waals surface area contributed by atoms with Crippen LogP contribution in [0.5, 0.6) is 0 Å². The minimum Gasteiger partial charge on any atom is -0.357 e. The van der Waals surface area contributed by atoms with Crippen molar-refractivity contribution in [2.45, 2.75) is 39.3 Å². The van der Waals surface area contributed by atoms with Gasteiger partial charge in [0.15, 0.2) is 0 Å². The van der Waals surface area contributed by atoms with Gasteiger partial charge in [0.05, 0.1) is 22.0 Å². The van der Waals surface area contributed by atoms with Gasteiger partial charge in [-0.05, 0) is 55.7 Å². The van der Waals surface area contributed by atoms with Crippen LogP contribution in [0.2, 0.25) is 10.0 Å². The zero-order valence-electron chi connectivity index (χ0n) is 19.1. The molecule has 180 valence electrons. The van der Waals surface area contributed by atoms with Gasteiger partial charge in [-0.2, -0.15) is 0 Å². The minimum absolute atomic E-state index is 0.0699. The Balaban J connectivity index is 2.16. The average molecular weight is 514 g/mol. The quantitative estimate of drug-likeness (QED) is 0.519. The number of nitrogens with zero attached hydrogens (tertiary/aromatic N) is 2. The highest BCUT2D eigenvalue weighted by Crippen LogP contribution is 2.24. The van der Waals surface area contributed by atoms with Crippen LogP contribution in [-0.2, 0) is 26.2 Å². The predicted octanol–water partition coefficient (Wildman–Crippen LogP) is 4.01. The summed E-state index contributed by atoms with van der Waals surface area (Å²) in [6.45, 7) is 3.83. The van der Waals surface area contributed by atoms with Crippen molar-refractivity contribution in [3.8, 4) is 0 Å². The summed E-state index contributed by atoms with van der Waals surface area (Å²) in [5.41, 5.74) is 2.21. The van der Waals surface area contributed by atoms with E-state index in [0.29, 0.717) is 15.7 Å². The molecule has 2 amide bonds.